The van der Waals surface area contributed by atoms with E-state index in [0.717, 1.165) is 6.20 Å². The predicted molar refractivity (Wildman–Crippen MR) is 62.9 cm³/mol. The highest BCUT2D eigenvalue weighted by molar-refractivity contribution is 5.93. The lowest BCUT2D eigenvalue weighted by Gasteiger charge is -2.14. The Bertz CT molecular complexity index is 342. The van der Waals surface area contributed by atoms with Crippen molar-refractivity contribution in [2.75, 3.05) is 5.32 Å². The van der Waals surface area contributed by atoms with Crippen LogP contribution in [-0.2, 0) is 4.79 Å². The van der Waals surface area contributed by atoms with E-state index in [1.165, 1.54) is 12.1 Å². The molecule has 16 heavy (non-hydrogen) atoms. The number of pyridine rings is 1. The lowest BCUT2D eigenvalue weighted by molar-refractivity contribution is -0.118. The predicted octanol–water partition coefficient (Wildman–Crippen LogP) is 1.56. The Morgan fingerprint density at radius 3 is 2.56 bits per heavy atom. The molecule has 0 bridgehead atoms. The Balaban J connectivity index is 0.00000225. The maximum atomic E-state index is 12.5. The van der Waals surface area contributed by atoms with Crippen LogP contribution in [0.4, 0.5) is 10.2 Å². The minimum Gasteiger partial charge on any atom is -0.320 e. The van der Waals surface area contributed by atoms with Crippen LogP contribution >= 0.6 is 12.4 Å². The first-order chi connectivity index (χ1) is 7.00. The molecule has 0 aliphatic carbocycles. The topological polar surface area (TPSA) is 68.0 Å². The molecule has 90 valence electrons. The summed E-state index contributed by atoms with van der Waals surface area (Å²) in [6, 6.07) is 2.03. The third-order valence-corrected chi connectivity index (χ3v) is 2.00. The number of nitrogens with two attached hydrogens (primary N) is 1. The molecule has 0 saturated carbocycles. The van der Waals surface area contributed by atoms with E-state index in [0.29, 0.717) is 5.82 Å². The smallest absolute Gasteiger partial charge is 0.242 e. The van der Waals surface area contributed by atoms with Crippen LogP contribution in [0.25, 0.3) is 0 Å². The molecule has 1 aromatic heterocycles. The van der Waals surface area contributed by atoms with Crippen LogP contribution in [0.5, 0.6) is 0 Å². The van der Waals surface area contributed by atoms with Gasteiger partial charge >= 0.3 is 0 Å². The van der Waals surface area contributed by atoms with E-state index in [1.807, 2.05) is 13.8 Å². The van der Waals surface area contributed by atoms with Crippen molar-refractivity contribution < 1.29 is 9.18 Å². The van der Waals surface area contributed by atoms with Crippen LogP contribution < -0.4 is 11.1 Å². The number of halogens is 2. The maximum absolute atomic E-state index is 12.5. The molecular formula is C10H15ClFN3O. The molecule has 0 radical (unpaired) electrons. The van der Waals surface area contributed by atoms with Gasteiger partial charge in [0.25, 0.3) is 0 Å². The number of aromatic nitrogens is 1. The Hall–Kier alpha value is -1.20. The number of amides is 1. The third kappa shape index (κ3) is 4.12. The first kappa shape index (κ1) is 14.8. The number of anilines is 1. The van der Waals surface area contributed by atoms with E-state index in [2.05, 4.69) is 10.3 Å². The van der Waals surface area contributed by atoms with Gasteiger partial charge in [0, 0.05) is 0 Å². The van der Waals surface area contributed by atoms with E-state index in [4.69, 9.17) is 5.73 Å². The quantitative estimate of drug-likeness (QED) is 0.852. The van der Waals surface area contributed by atoms with Gasteiger partial charge in [-0.3, -0.25) is 4.79 Å². The minimum absolute atomic E-state index is 0. The van der Waals surface area contributed by atoms with Crippen molar-refractivity contribution in [3.05, 3.63) is 24.1 Å². The van der Waals surface area contributed by atoms with Gasteiger partial charge in [0.15, 0.2) is 0 Å². The molecule has 0 aliphatic rings. The standard InChI is InChI=1S/C10H14FN3O.ClH/c1-6(2)9(12)10(15)14-8-4-3-7(11)5-13-8;/h3-6,9H,12H2,1-2H3,(H,13,14,15);1H/t9-;/m0./s1. The van der Waals surface area contributed by atoms with Crippen molar-refractivity contribution in [3.63, 3.8) is 0 Å². The molecule has 1 atom stereocenters. The highest BCUT2D eigenvalue weighted by Gasteiger charge is 2.17. The van der Waals surface area contributed by atoms with Crippen LogP contribution in [0, 0.1) is 11.7 Å². The average Bonchev–Trinajstić information content (AvgIpc) is 2.20. The summed E-state index contributed by atoms with van der Waals surface area (Å²) in [6.45, 7) is 3.70. The molecular weight excluding hydrogens is 233 g/mol. The van der Waals surface area contributed by atoms with Crippen LogP contribution in [0.1, 0.15) is 13.8 Å². The van der Waals surface area contributed by atoms with E-state index in [9.17, 15) is 9.18 Å². The largest absolute Gasteiger partial charge is 0.320 e. The fraction of sp³-hybridized carbons (Fsp3) is 0.400. The Labute approximate surface area is 99.8 Å². The normalized spacial score (nSPS) is 11.8. The molecule has 1 aromatic rings. The van der Waals surface area contributed by atoms with Gasteiger partial charge in [-0.1, -0.05) is 13.8 Å². The number of rotatable bonds is 3. The first-order valence-corrected chi connectivity index (χ1v) is 4.68. The molecule has 1 rings (SSSR count). The van der Waals surface area contributed by atoms with E-state index in [1.54, 1.807) is 0 Å². The average molecular weight is 248 g/mol. The van der Waals surface area contributed by atoms with Crippen molar-refractivity contribution in [1.82, 2.24) is 4.98 Å². The summed E-state index contributed by atoms with van der Waals surface area (Å²) in [5, 5.41) is 2.51. The second-order valence-corrected chi connectivity index (χ2v) is 3.62. The zero-order chi connectivity index (χ0) is 11.4. The number of hydrogen-bond acceptors (Lipinski definition) is 3. The van der Waals surface area contributed by atoms with Crippen LogP contribution in [0.2, 0.25) is 0 Å². The fourth-order valence-corrected chi connectivity index (χ4v) is 0.962. The molecule has 0 unspecified atom stereocenters. The van der Waals surface area contributed by atoms with Crippen molar-refractivity contribution in [3.8, 4) is 0 Å². The molecule has 0 saturated heterocycles. The van der Waals surface area contributed by atoms with Gasteiger partial charge in [-0.05, 0) is 18.1 Å². The summed E-state index contributed by atoms with van der Waals surface area (Å²) in [4.78, 5) is 15.2. The summed E-state index contributed by atoms with van der Waals surface area (Å²) >= 11 is 0. The molecule has 1 heterocycles. The molecule has 0 aliphatic heterocycles. The van der Waals surface area contributed by atoms with Crippen LogP contribution in [0.3, 0.4) is 0 Å². The maximum Gasteiger partial charge on any atom is 0.242 e. The number of hydrogen-bond donors (Lipinski definition) is 2. The number of nitrogens with one attached hydrogen (secondary N) is 1. The Morgan fingerprint density at radius 2 is 2.12 bits per heavy atom. The summed E-state index contributed by atoms with van der Waals surface area (Å²) in [7, 11) is 0. The van der Waals surface area contributed by atoms with E-state index >= 15 is 0 Å². The first-order valence-electron chi connectivity index (χ1n) is 4.68. The number of carbonyl (C=O) groups excluding carboxylic acids is 1. The molecule has 4 nitrogen and oxygen atoms in total. The second kappa shape index (κ2) is 6.40. The van der Waals surface area contributed by atoms with Gasteiger partial charge in [0.05, 0.1) is 12.2 Å². The summed E-state index contributed by atoms with van der Waals surface area (Å²) in [6.07, 6.45) is 1.04. The van der Waals surface area contributed by atoms with Crippen LogP contribution in [-0.4, -0.2) is 16.9 Å². The van der Waals surface area contributed by atoms with Crippen molar-refractivity contribution in [1.29, 1.82) is 0 Å². The summed E-state index contributed by atoms with van der Waals surface area (Å²) in [5.41, 5.74) is 5.62. The van der Waals surface area contributed by atoms with E-state index < -0.39 is 11.9 Å². The van der Waals surface area contributed by atoms with E-state index in [-0.39, 0.29) is 24.2 Å². The van der Waals surface area contributed by atoms with Gasteiger partial charge in [-0.25, -0.2) is 9.37 Å². The summed E-state index contributed by atoms with van der Waals surface area (Å²) < 4.78 is 12.5. The van der Waals surface area contributed by atoms with Gasteiger partial charge < -0.3 is 11.1 Å². The highest BCUT2D eigenvalue weighted by Crippen LogP contribution is 2.06. The lowest BCUT2D eigenvalue weighted by Crippen LogP contribution is -2.39. The zero-order valence-electron chi connectivity index (χ0n) is 9.11. The van der Waals surface area contributed by atoms with Gasteiger partial charge in [-0.15, -0.1) is 12.4 Å². The third-order valence-electron chi connectivity index (χ3n) is 2.00. The van der Waals surface area contributed by atoms with Crippen LogP contribution in [0.15, 0.2) is 18.3 Å². The molecule has 1 amide bonds. The number of nitrogens with zero attached hydrogens (tertiary/aromatic N) is 1. The Morgan fingerprint density at radius 1 is 1.50 bits per heavy atom. The minimum atomic E-state index is -0.586. The van der Waals surface area contributed by atoms with Gasteiger partial charge in [0.2, 0.25) is 5.91 Å². The Kier molecular flexibility index (Phi) is 5.92. The second-order valence-electron chi connectivity index (χ2n) is 3.62. The van der Waals surface area contributed by atoms with Gasteiger partial charge in [0.1, 0.15) is 11.6 Å². The lowest BCUT2D eigenvalue weighted by atomic mass is 10.1. The molecule has 0 fully saturated rings. The molecule has 0 aromatic carbocycles. The van der Waals surface area contributed by atoms with Crippen molar-refractivity contribution in [2.24, 2.45) is 11.7 Å². The summed E-state index contributed by atoms with van der Waals surface area (Å²) in [5.74, 6) is -0.409. The highest BCUT2D eigenvalue weighted by atomic mass is 35.5. The molecule has 3 N–H and O–H groups in total. The van der Waals surface area contributed by atoms with Crippen molar-refractivity contribution >= 4 is 24.1 Å². The fourth-order valence-electron chi connectivity index (χ4n) is 0.962. The zero-order valence-corrected chi connectivity index (χ0v) is 9.92. The monoisotopic (exact) mass is 247 g/mol. The molecule has 0 spiro atoms. The van der Waals surface area contributed by atoms with Gasteiger partial charge in [-0.2, -0.15) is 0 Å². The SMILES string of the molecule is CC(C)[C@H](N)C(=O)Nc1ccc(F)cn1.Cl. The number of carbonyl (C=O) groups is 1. The van der Waals surface area contributed by atoms with Crippen molar-refractivity contribution in [2.45, 2.75) is 19.9 Å². The molecule has 6 heteroatoms.